The van der Waals surface area contributed by atoms with Crippen LogP contribution in [0.1, 0.15) is 22.5 Å². The highest BCUT2D eigenvalue weighted by Gasteiger charge is 2.44. The van der Waals surface area contributed by atoms with Crippen LogP contribution in [-0.4, -0.2) is 44.6 Å². The van der Waals surface area contributed by atoms with E-state index < -0.39 is 56.1 Å². The zero-order chi connectivity index (χ0) is 18.5. The Morgan fingerprint density at radius 3 is 2.24 bits per heavy atom. The lowest BCUT2D eigenvalue weighted by molar-refractivity contribution is 0.0138. The largest absolute Gasteiger partial charge is 0.747 e. The SMILES string of the molecule is O=S(=O)([O-])[C@H]1c2c(O)cc(O)cc2O[C@H](c2ccc(O)c(O)c2)[C@@H]1O. The lowest BCUT2D eigenvalue weighted by Crippen LogP contribution is -2.38. The molecule has 0 fully saturated rings. The Balaban J connectivity index is 2.20. The molecule has 5 N–H and O–H groups in total. The first-order valence-electron chi connectivity index (χ1n) is 6.96. The van der Waals surface area contributed by atoms with Gasteiger partial charge in [0.05, 0.1) is 5.56 Å². The summed E-state index contributed by atoms with van der Waals surface area (Å²) in [5.41, 5.74) is -0.385. The van der Waals surface area contributed by atoms with Gasteiger partial charge in [0, 0.05) is 12.1 Å². The summed E-state index contributed by atoms with van der Waals surface area (Å²) in [5.74, 6) is -2.45. The van der Waals surface area contributed by atoms with Gasteiger partial charge in [-0.2, -0.15) is 0 Å². The molecule has 2 aromatic rings. The minimum Gasteiger partial charge on any atom is -0.747 e. The average Bonchev–Trinajstić information content (AvgIpc) is 2.49. The number of hydrogen-bond donors (Lipinski definition) is 5. The third-order valence-corrected chi connectivity index (χ3v) is 5.04. The zero-order valence-electron chi connectivity index (χ0n) is 12.4. The van der Waals surface area contributed by atoms with E-state index in [1.165, 1.54) is 6.07 Å². The minimum absolute atomic E-state index is 0.0740. The van der Waals surface area contributed by atoms with Crippen molar-refractivity contribution >= 4 is 10.1 Å². The van der Waals surface area contributed by atoms with Crippen molar-refractivity contribution in [1.82, 2.24) is 0 Å². The summed E-state index contributed by atoms with van der Waals surface area (Å²) in [7, 11) is -5.12. The first kappa shape index (κ1) is 17.1. The Labute approximate surface area is 141 Å². The van der Waals surface area contributed by atoms with Crippen LogP contribution < -0.4 is 4.74 Å². The molecular formula is C15H13O9S-. The molecule has 0 spiro atoms. The molecule has 0 saturated carbocycles. The Bertz CT molecular complexity index is 938. The Hall–Kier alpha value is -2.69. The fraction of sp³-hybridized carbons (Fsp3) is 0.200. The van der Waals surface area contributed by atoms with Crippen molar-refractivity contribution in [2.45, 2.75) is 17.5 Å². The molecule has 0 unspecified atom stereocenters. The van der Waals surface area contributed by atoms with Gasteiger partial charge in [-0.05, 0) is 17.7 Å². The van der Waals surface area contributed by atoms with Crippen molar-refractivity contribution in [1.29, 1.82) is 0 Å². The number of fused-ring (bicyclic) bond motifs is 1. The Morgan fingerprint density at radius 1 is 0.960 bits per heavy atom. The molecule has 3 rings (SSSR count). The molecule has 0 amide bonds. The molecule has 9 nitrogen and oxygen atoms in total. The van der Waals surface area contributed by atoms with E-state index in [2.05, 4.69) is 0 Å². The van der Waals surface area contributed by atoms with Gasteiger partial charge in [-0.3, -0.25) is 0 Å². The summed E-state index contributed by atoms with van der Waals surface area (Å²) < 4.78 is 40.4. The summed E-state index contributed by atoms with van der Waals surface area (Å²) in [6, 6.07) is 5.19. The summed E-state index contributed by atoms with van der Waals surface area (Å²) in [5, 5.41) is 46.7. The predicted molar refractivity (Wildman–Crippen MR) is 81.4 cm³/mol. The number of aliphatic hydroxyl groups excluding tert-OH is 1. The maximum atomic E-state index is 11.7. The summed E-state index contributed by atoms with van der Waals surface area (Å²) in [6.07, 6.45) is -3.32. The third-order valence-electron chi connectivity index (χ3n) is 3.90. The van der Waals surface area contributed by atoms with Gasteiger partial charge < -0.3 is 34.8 Å². The molecule has 0 aromatic heterocycles. The number of hydrogen-bond acceptors (Lipinski definition) is 9. The Kier molecular flexibility index (Phi) is 3.90. The minimum atomic E-state index is -5.12. The highest BCUT2D eigenvalue weighted by molar-refractivity contribution is 7.86. The predicted octanol–water partition coefficient (Wildman–Crippen LogP) is 0.590. The second kappa shape index (κ2) is 5.69. The molecule has 134 valence electrons. The first-order chi connectivity index (χ1) is 11.6. The molecule has 1 aliphatic heterocycles. The number of ether oxygens (including phenoxy) is 1. The number of benzene rings is 2. The van der Waals surface area contributed by atoms with Gasteiger partial charge in [-0.1, -0.05) is 6.07 Å². The van der Waals surface area contributed by atoms with E-state index in [1.807, 2.05) is 0 Å². The van der Waals surface area contributed by atoms with Gasteiger partial charge >= 0.3 is 0 Å². The van der Waals surface area contributed by atoms with Crippen molar-refractivity contribution in [3.8, 4) is 28.7 Å². The van der Waals surface area contributed by atoms with Crippen LogP contribution in [0, 0.1) is 0 Å². The van der Waals surface area contributed by atoms with Gasteiger partial charge in [0.25, 0.3) is 0 Å². The van der Waals surface area contributed by atoms with Crippen LogP contribution in [0.2, 0.25) is 0 Å². The standard InChI is InChI=1S/C15H14O9S/c16-7-4-10(19)12-11(5-7)24-14(13(20)15(12)25(21,22)23)6-1-2-8(17)9(18)3-6/h1-5,13-20H,(H,21,22,23)/p-1/t13-,14+,15-/m0/s1. The fourth-order valence-electron chi connectivity index (χ4n) is 2.82. The molecule has 1 heterocycles. The van der Waals surface area contributed by atoms with E-state index in [4.69, 9.17) is 4.74 Å². The summed E-state index contributed by atoms with van der Waals surface area (Å²) >= 11 is 0. The van der Waals surface area contributed by atoms with Crippen LogP contribution in [-0.2, 0) is 10.1 Å². The molecule has 2 aromatic carbocycles. The van der Waals surface area contributed by atoms with Crippen LogP contribution in [0.4, 0.5) is 0 Å². The number of aromatic hydroxyl groups is 4. The maximum absolute atomic E-state index is 11.7. The fourth-order valence-corrected chi connectivity index (χ4v) is 3.82. The quantitative estimate of drug-likeness (QED) is 0.376. The first-order valence-corrected chi connectivity index (χ1v) is 8.44. The third kappa shape index (κ3) is 2.90. The topological polar surface area (TPSA) is 168 Å². The van der Waals surface area contributed by atoms with E-state index >= 15 is 0 Å². The van der Waals surface area contributed by atoms with E-state index in [9.17, 15) is 38.5 Å². The lowest BCUT2D eigenvalue weighted by atomic mass is 9.93. The van der Waals surface area contributed by atoms with Gasteiger partial charge in [-0.25, -0.2) is 8.42 Å². The van der Waals surface area contributed by atoms with Crippen LogP contribution in [0.3, 0.4) is 0 Å². The number of rotatable bonds is 2. The molecular weight excluding hydrogens is 356 g/mol. The van der Waals surface area contributed by atoms with Gasteiger partial charge in [-0.15, -0.1) is 0 Å². The molecule has 25 heavy (non-hydrogen) atoms. The maximum Gasteiger partial charge on any atom is 0.157 e. The number of phenolic OH excluding ortho intramolecular Hbond substituents is 4. The van der Waals surface area contributed by atoms with E-state index in [1.54, 1.807) is 0 Å². The van der Waals surface area contributed by atoms with Crippen molar-refractivity contribution in [2.75, 3.05) is 0 Å². The Morgan fingerprint density at radius 2 is 1.64 bits per heavy atom. The monoisotopic (exact) mass is 369 g/mol. The van der Waals surface area contributed by atoms with Crippen molar-refractivity contribution < 1.29 is 43.2 Å². The van der Waals surface area contributed by atoms with E-state index in [-0.39, 0.29) is 11.3 Å². The van der Waals surface area contributed by atoms with Gasteiger partial charge in [0.15, 0.2) is 17.6 Å². The smallest absolute Gasteiger partial charge is 0.157 e. The zero-order valence-corrected chi connectivity index (χ0v) is 13.2. The van der Waals surface area contributed by atoms with Gasteiger partial charge in [0.1, 0.15) is 38.7 Å². The average molecular weight is 369 g/mol. The second-order valence-electron chi connectivity index (χ2n) is 5.57. The van der Waals surface area contributed by atoms with Gasteiger partial charge in [0.2, 0.25) is 0 Å². The van der Waals surface area contributed by atoms with Crippen molar-refractivity contribution in [3.63, 3.8) is 0 Å². The van der Waals surface area contributed by atoms with E-state index in [0.29, 0.717) is 0 Å². The van der Waals surface area contributed by atoms with Crippen molar-refractivity contribution in [3.05, 3.63) is 41.5 Å². The number of aliphatic hydroxyl groups is 1. The summed E-state index contributed by atoms with van der Waals surface area (Å²) in [6.45, 7) is 0. The molecule has 1 aliphatic rings. The van der Waals surface area contributed by atoms with Crippen LogP contribution >= 0.6 is 0 Å². The van der Waals surface area contributed by atoms with Crippen LogP contribution in [0.15, 0.2) is 30.3 Å². The highest BCUT2D eigenvalue weighted by atomic mass is 32.2. The highest BCUT2D eigenvalue weighted by Crippen LogP contribution is 2.50. The van der Waals surface area contributed by atoms with Crippen LogP contribution in [0.5, 0.6) is 28.7 Å². The number of phenols is 4. The molecule has 0 bridgehead atoms. The van der Waals surface area contributed by atoms with Crippen LogP contribution in [0.25, 0.3) is 0 Å². The molecule has 3 atom stereocenters. The normalized spacial score (nSPS) is 22.9. The second-order valence-corrected chi connectivity index (χ2v) is 7.06. The molecule has 0 aliphatic carbocycles. The van der Waals surface area contributed by atoms with Crippen molar-refractivity contribution in [2.24, 2.45) is 0 Å². The molecule has 0 radical (unpaired) electrons. The molecule has 10 heteroatoms. The lowest BCUT2D eigenvalue weighted by Gasteiger charge is -2.38. The molecule has 0 saturated heterocycles. The van der Waals surface area contributed by atoms with E-state index in [0.717, 1.165) is 24.3 Å². The summed E-state index contributed by atoms with van der Waals surface area (Å²) in [4.78, 5) is 0.